The molecule has 3 atom stereocenters. The van der Waals surface area contributed by atoms with Crippen LogP contribution in [0.1, 0.15) is 100 Å². The smallest absolute Gasteiger partial charge is 0.338 e. The molecule has 0 spiro atoms. The molecule has 3 saturated heterocycles. The molecule has 15 aromatic rings. The molecule has 3 aromatic carbocycles. The minimum Gasteiger partial charge on any atom is -0.478 e. The second-order valence-corrected chi connectivity index (χ2v) is 27.4. The Hall–Kier alpha value is -10.5. The Bertz CT molecular complexity index is 6280. The molecule has 12 aromatic heterocycles. The van der Waals surface area contributed by atoms with E-state index in [1.165, 1.54) is 27.9 Å². The van der Waals surface area contributed by atoms with Crippen LogP contribution in [0.25, 0.3) is 66.7 Å². The number of nitrogens with zero attached hydrogens (tertiary/aromatic N) is 19. The van der Waals surface area contributed by atoms with Gasteiger partial charge in [-0.2, -0.15) is 55.8 Å². The SMILES string of the molecule is NCCO.O=C(NCCO)c1c[nH]c2ncnc(N3CCC[C@H]3c3nn4ccc(Cl)c4c(=O)n3-c3ccccc3)c12.O=C(O)c1c[nH]c2ncnc(N3CCC[C@H]3c3nn4ccc(Cl)c4c(=O)n3-c3ccccc3)c12.O=c1c2c(Cl)ccn2nc([C@@H]2CCCN2c2ncnc3[nH]cc(C4=NCCO4)c23)n1-c1ccccc1.S.S.S.[3H][B].[U]. The number of aliphatic imine (C=N–C) groups is 1. The van der Waals surface area contributed by atoms with Crippen LogP contribution in [0.4, 0.5) is 17.5 Å². The van der Waals surface area contributed by atoms with Gasteiger partial charge in [0.1, 0.15) is 76.5 Å². The Morgan fingerprint density at radius 1 is 0.534 bits per heavy atom. The van der Waals surface area contributed by atoms with Crippen LogP contribution in [0.5, 0.6) is 0 Å². The number of H-pyrrole nitrogens is 3. The summed E-state index contributed by atoms with van der Waals surface area (Å²) in [5.41, 5.74) is 10.0. The second kappa shape index (κ2) is 37.6. The average molecular weight is 1910 g/mol. The third kappa shape index (κ3) is 16.2. The third-order valence-electron chi connectivity index (χ3n) is 19.7. The molecule has 4 aliphatic rings. The van der Waals surface area contributed by atoms with Crippen molar-refractivity contribution in [3.05, 3.63) is 246 Å². The quantitative estimate of drug-likeness (QED) is 0.0449. The number of aromatic nitrogens is 18. The number of para-hydroxylation sites is 3. The van der Waals surface area contributed by atoms with Gasteiger partial charge in [-0.25, -0.2) is 53.2 Å². The van der Waals surface area contributed by atoms with Crippen molar-refractivity contribution in [2.24, 2.45) is 10.7 Å². The molecule has 116 heavy (non-hydrogen) atoms. The summed E-state index contributed by atoms with van der Waals surface area (Å²) in [5.74, 6) is 2.70. The summed E-state index contributed by atoms with van der Waals surface area (Å²) in [4.78, 5) is 112. The summed E-state index contributed by atoms with van der Waals surface area (Å²) < 4.78 is 20.5. The van der Waals surface area contributed by atoms with Gasteiger partial charge in [-0.1, -0.05) is 89.4 Å². The van der Waals surface area contributed by atoms with Crippen LogP contribution in [-0.2, 0) is 4.74 Å². The van der Waals surface area contributed by atoms with Crippen molar-refractivity contribution in [1.29, 1.82) is 1.34 Å². The summed E-state index contributed by atoms with van der Waals surface area (Å²) in [7, 11) is 3.75. The first-order valence-electron chi connectivity index (χ1n) is 36.2. The average Bonchev–Trinajstić information content (AvgIpc) is 1.54. The van der Waals surface area contributed by atoms with Crippen LogP contribution in [0.2, 0.25) is 15.1 Å². The van der Waals surface area contributed by atoms with Gasteiger partial charge < -0.3 is 60.8 Å². The standard InChI is InChI=1S/C25H23ClN8O3.C25H21ClN8O2.C23H18ClN7O3.C2H7NO.BH.3H2S.U/c26-17-8-11-33-20(17)25(37)34(15-5-2-1-3-6-15)22(31-33)18-7-4-10-32(18)23-19-16(24(36)27-9-12-35)13-28-21(19)29-14-30-23;26-17-8-11-33-20(17)25(35)34(15-5-2-1-3-6-15)22(31-33)18-7-4-10-32(18)23-19-16(24-27-9-12-36-24)13-28-21(19)29-14-30-23;24-15-8-10-30-18(15)22(32)31(13-5-2-1-3-6-13)20(28-30)16-7-4-9-29(16)21-17-14(23(33)34)11-25-19(17)26-12-27-21;3-1-2-4;;;;;/h1-3,5-6,8,11,13-14,18,35H,4,7,9-10,12H2,(H,27,36)(H,28,29,30);1-3,5-6,8,11,13-14,18H,4,7,9-10,12H2,(H,28,29,30);1-3,5-6,8,10-12,16H,4,7,9H2,(H,33,34)(H,25,26,27);4H,1-3H2;1H;3*1H2;/t2*18-;16-;;;;;;/m000....../s1/i;;;;1T;;;;. The molecule has 41 heteroatoms. The first kappa shape index (κ1) is 84.9. The first-order valence-corrected chi connectivity index (χ1v) is 36.8. The predicted molar refractivity (Wildman–Crippen MR) is 455 cm³/mol. The molecular weight excluding hydrogens is 1830 g/mol. The minimum atomic E-state index is -1.07. The number of aliphatic hydroxyl groups excluding tert-OH is 2. The largest absolute Gasteiger partial charge is 0.478 e. The predicted octanol–water partition coefficient (Wildman–Crippen LogP) is 8.08. The first-order chi connectivity index (χ1) is 55.2. The topological polar surface area (TPSA) is 407 Å². The maximum Gasteiger partial charge on any atom is 0.338 e. The molecule has 0 bridgehead atoms. The van der Waals surface area contributed by atoms with E-state index in [1.807, 2.05) is 102 Å². The fourth-order valence-electron chi connectivity index (χ4n) is 14.9. The van der Waals surface area contributed by atoms with Crippen LogP contribution in [0, 0.1) is 31.1 Å². The van der Waals surface area contributed by atoms with Gasteiger partial charge >= 0.3 is 5.97 Å². The summed E-state index contributed by atoms with van der Waals surface area (Å²) in [6, 6.07) is 32.3. The van der Waals surface area contributed by atoms with E-state index in [0.29, 0.717) is 150 Å². The third-order valence-corrected chi connectivity index (χ3v) is 20.6. The van der Waals surface area contributed by atoms with Crippen LogP contribution < -0.4 is 42.4 Å². The molecule has 4 aliphatic heterocycles. The number of carbonyl (C=O) groups excluding carboxylic acids is 1. The number of hydrogen-bond acceptors (Lipinski definition) is 22. The van der Waals surface area contributed by atoms with Gasteiger partial charge in [0, 0.05) is 109 Å². The van der Waals surface area contributed by atoms with E-state index in [0.717, 1.165) is 61.1 Å². The Morgan fingerprint density at radius 3 is 1.26 bits per heavy atom. The van der Waals surface area contributed by atoms with E-state index in [-0.39, 0.29) is 138 Å². The van der Waals surface area contributed by atoms with E-state index >= 15 is 0 Å². The van der Waals surface area contributed by atoms with Gasteiger partial charge in [0.05, 0.1) is 103 Å². The monoisotopic (exact) mass is 1910 g/mol. The number of carboxylic acids is 1. The number of fused-ring (bicyclic) bond motifs is 6. The van der Waals surface area contributed by atoms with Crippen molar-refractivity contribution in [3.8, 4) is 17.1 Å². The molecule has 596 valence electrons. The number of aromatic amines is 3. The van der Waals surface area contributed by atoms with Gasteiger partial charge in [0.15, 0.2) is 17.5 Å². The maximum absolute atomic E-state index is 13.8. The molecule has 0 unspecified atom stereocenters. The molecule has 1 amide bonds. The van der Waals surface area contributed by atoms with Gasteiger partial charge in [-0.3, -0.25) is 32.9 Å². The van der Waals surface area contributed by atoms with E-state index in [4.69, 9.17) is 77.1 Å². The zero-order valence-corrected chi connectivity index (χ0v) is 70.9. The number of amides is 1. The summed E-state index contributed by atoms with van der Waals surface area (Å²) in [6.07, 6.45) is 19.2. The number of carbonyl (C=O) groups is 2. The van der Waals surface area contributed by atoms with Crippen molar-refractivity contribution < 1.29 is 60.8 Å². The number of anilines is 3. The van der Waals surface area contributed by atoms with Gasteiger partial charge in [-0.05, 0) is 94.5 Å². The normalized spacial score (nSPS) is 15.5. The fraction of sp³-hybridized carbons (Fsp3) is 0.240. The van der Waals surface area contributed by atoms with Crippen LogP contribution >= 0.6 is 75.3 Å². The Kier molecular flexibility index (Phi) is 27.5. The van der Waals surface area contributed by atoms with Crippen molar-refractivity contribution in [2.45, 2.75) is 56.7 Å². The Labute approximate surface area is 721 Å². The number of aliphatic hydroxyl groups is 2. The molecule has 19 rings (SSSR count). The zero-order valence-electron chi connectivity index (χ0n) is 62.5. The Balaban J connectivity index is 0.000000164. The van der Waals surface area contributed by atoms with Crippen LogP contribution in [0.3, 0.4) is 0 Å². The van der Waals surface area contributed by atoms with Crippen LogP contribution in [-0.4, -0.2) is 189 Å². The number of nitrogens with two attached hydrogens (primary N) is 1. The van der Waals surface area contributed by atoms with Gasteiger partial charge in [0.25, 0.3) is 22.6 Å². The van der Waals surface area contributed by atoms with Crippen LogP contribution in [0.15, 0.2) is 185 Å². The molecule has 9 N–H and O–H groups in total. The molecule has 33 nitrogen and oxygen atoms in total. The maximum atomic E-state index is 13.8. The number of rotatable bonds is 15. The second-order valence-electron chi connectivity index (χ2n) is 26.1. The van der Waals surface area contributed by atoms with Crippen molar-refractivity contribution in [3.63, 3.8) is 0 Å². The summed E-state index contributed by atoms with van der Waals surface area (Å²) in [6.45, 7) is 3.65. The number of nitrogens with one attached hydrogen (secondary N) is 4. The summed E-state index contributed by atoms with van der Waals surface area (Å²) >= 11 is 19.0. The number of carboxylic acid groups (broad SMARTS) is 1. The van der Waals surface area contributed by atoms with Gasteiger partial charge in [0.2, 0.25) is 5.90 Å². The molecule has 16 heterocycles. The number of hydrogen-bond donors (Lipinski definition) is 8. The summed E-state index contributed by atoms with van der Waals surface area (Å²) in [5, 5.41) is 46.7. The van der Waals surface area contributed by atoms with Gasteiger partial charge in [-0.15, -0.1) is 0 Å². The fourth-order valence-corrected chi connectivity index (χ4v) is 15.6. The number of benzene rings is 3. The molecule has 3 fully saturated rings. The molecular formula is C75H76BCl3N24O9S3U. The molecule has 0 aliphatic carbocycles. The van der Waals surface area contributed by atoms with E-state index in [2.05, 4.69) is 68.4 Å². The number of aromatic carboxylic acids is 1. The van der Waals surface area contributed by atoms with E-state index in [9.17, 15) is 29.1 Å². The van der Waals surface area contributed by atoms with Crippen molar-refractivity contribution in [1.82, 2.24) is 92.7 Å². The van der Waals surface area contributed by atoms with Crippen molar-refractivity contribution in [2.75, 3.05) is 73.8 Å². The number of halogens is 3. The van der Waals surface area contributed by atoms with E-state index in [1.54, 1.807) is 67.5 Å². The number of ether oxygens (including phenoxy) is 1. The zero-order chi connectivity index (χ0) is 78.6. The van der Waals surface area contributed by atoms with E-state index < -0.39 is 5.97 Å². The molecule has 0 saturated carbocycles. The van der Waals surface area contributed by atoms with Crippen molar-refractivity contribution >= 4 is 169 Å². The minimum absolute atomic E-state index is 0. The Morgan fingerprint density at radius 2 is 0.897 bits per heavy atom. The molecule has 2 radical (unpaired) electrons.